The van der Waals surface area contributed by atoms with E-state index in [1.54, 1.807) is 25.2 Å². The smallest absolute Gasteiger partial charge is 0.244 e. The van der Waals surface area contributed by atoms with Gasteiger partial charge in [-0.1, -0.05) is 6.07 Å². The number of rotatable bonds is 4. The molecule has 1 heterocycles. The Balaban J connectivity index is 2.29. The highest BCUT2D eigenvalue weighted by Gasteiger charge is 2.30. The van der Waals surface area contributed by atoms with Crippen LogP contribution in [0.3, 0.4) is 0 Å². The molecule has 0 atom stereocenters. The van der Waals surface area contributed by atoms with Crippen molar-refractivity contribution in [1.82, 2.24) is 4.31 Å². The molecule has 0 aliphatic carbocycles. The molecule has 0 unspecified atom stereocenters. The van der Waals surface area contributed by atoms with Gasteiger partial charge in [-0.3, -0.25) is 0 Å². The van der Waals surface area contributed by atoms with Crippen molar-refractivity contribution in [3.8, 4) is 0 Å². The van der Waals surface area contributed by atoms with Gasteiger partial charge in [-0.2, -0.15) is 4.31 Å². The van der Waals surface area contributed by atoms with Gasteiger partial charge in [-0.05, 0) is 46.5 Å². The van der Waals surface area contributed by atoms with Crippen molar-refractivity contribution in [3.05, 3.63) is 28.2 Å². The maximum absolute atomic E-state index is 12.7. The van der Waals surface area contributed by atoms with Gasteiger partial charge in [-0.25, -0.2) is 8.42 Å². The molecule has 0 aromatic heterocycles. The molecule has 1 aromatic carbocycles. The molecule has 112 valence electrons. The fraction of sp³-hybridized carbons (Fsp3) is 0.538. The van der Waals surface area contributed by atoms with Crippen molar-refractivity contribution in [2.75, 3.05) is 20.3 Å². The molecule has 4 nitrogen and oxygen atoms in total. The molecular formula is C13H17BrClNO3S. The molecule has 2 rings (SSSR count). The molecule has 1 aliphatic rings. The van der Waals surface area contributed by atoms with Gasteiger partial charge in [-0.15, -0.1) is 11.6 Å². The van der Waals surface area contributed by atoms with Gasteiger partial charge < -0.3 is 4.74 Å². The second-order valence-electron chi connectivity index (χ2n) is 4.76. The number of halogens is 2. The maximum atomic E-state index is 12.7. The quantitative estimate of drug-likeness (QED) is 0.752. The maximum Gasteiger partial charge on any atom is 0.244 e. The highest BCUT2D eigenvalue weighted by Crippen LogP contribution is 2.28. The van der Waals surface area contributed by atoms with Crippen LogP contribution in [0.5, 0.6) is 0 Å². The molecule has 7 heteroatoms. The molecule has 1 saturated heterocycles. The number of alkyl halides is 1. The summed E-state index contributed by atoms with van der Waals surface area (Å²) in [5.41, 5.74) is 0.881. The van der Waals surface area contributed by atoms with Crippen LogP contribution in [0.2, 0.25) is 0 Å². The normalized spacial score (nSPS) is 17.6. The Morgan fingerprint density at radius 3 is 2.60 bits per heavy atom. The van der Waals surface area contributed by atoms with Crippen LogP contribution in [0.4, 0.5) is 0 Å². The van der Waals surface area contributed by atoms with Crippen LogP contribution in [0.25, 0.3) is 0 Å². The van der Waals surface area contributed by atoms with Gasteiger partial charge >= 0.3 is 0 Å². The number of sulfonamides is 1. The second-order valence-corrected chi connectivity index (χ2v) is 7.85. The minimum atomic E-state index is -3.51. The van der Waals surface area contributed by atoms with Crippen LogP contribution in [0.15, 0.2) is 27.6 Å². The lowest BCUT2D eigenvalue weighted by Crippen LogP contribution is -2.40. The molecule has 1 fully saturated rings. The van der Waals surface area contributed by atoms with Crippen LogP contribution in [0.1, 0.15) is 18.4 Å². The van der Waals surface area contributed by atoms with E-state index in [9.17, 15) is 8.42 Å². The largest absolute Gasteiger partial charge is 0.381 e. The first kappa shape index (κ1) is 16.2. The molecule has 1 aliphatic heterocycles. The van der Waals surface area contributed by atoms with Crippen LogP contribution < -0.4 is 0 Å². The summed E-state index contributed by atoms with van der Waals surface area (Å²) >= 11 is 9.08. The summed E-state index contributed by atoms with van der Waals surface area (Å²) in [6.45, 7) is 1.22. The van der Waals surface area contributed by atoms with E-state index in [0.29, 0.717) is 23.6 Å². The predicted molar refractivity (Wildman–Crippen MR) is 82.5 cm³/mol. The summed E-state index contributed by atoms with van der Waals surface area (Å²) in [6.07, 6.45) is 1.46. The molecule has 0 spiro atoms. The highest BCUT2D eigenvalue weighted by molar-refractivity contribution is 9.10. The average Bonchev–Trinajstić information content (AvgIpc) is 2.46. The fourth-order valence-electron chi connectivity index (χ4n) is 2.24. The SMILES string of the molecule is CN(C1CCOCC1)S(=O)(=O)c1ccc(CCl)cc1Br. The van der Waals surface area contributed by atoms with Gasteiger partial charge in [0.05, 0.1) is 4.90 Å². The first-order valence-electron chi connectivity index (χ1n) is 6.37. The fourth-order valence-corrected chi connectivity index (χ4v) is 4.90. The summed E-state index contributed by atoms with van der Waals surface area (Å²) in [5.74, 6) is 0.356. The molecule has 0 N–H and O–H groups in total. The van der Waals surface area contributed by atoms with Crippen LogP contribution in [-0.4, -0.2) is 39.0 Å². The number of hydrogen-bond acceptors (Lipinski definition) is 3. The van der Waals surface area contributed by atoms with Crippen molar-refractivity contribution < 1.29 is 13.2 Å². The second kappa shape index (κ2) is 6.75. The minimum Gasteiger partial charge on any atom is -0.381 e. The Labute approximate surface area is 133 Å². The van der Waals surface area contributed by atoms with Crippen LogP contribution >= 0.6 is 27.5 Å². The number of ether oxygens (including phenoxy) is 1. The Morgan fingerprint density at radius 1 is 1.40 bits per heavy atom. The highest BCUT2D eigenvalue weighted by atomic mass is 79.9. The summed E-state index contributed by atoms with van der Waals surface area (Å²) in [6, 6.07) is 5.08. The third-order valence-corrected chi connectivity index (χ3v) is 6.71. The molecular weight excluding hydrogens is 366 g/mol. The van der Waals surface area contributed by atoms with E-state index in [1.807, 2.05) is 0 Å². The average molecular weight is 383 g/mol. The lowest BCUT2D eigenvalue weighted by Gasteiger charge is -2.30. The molecule has 0 bridgehead atoms. The Morgan fingerprint density at radius 2 is 2.05 bits per heavy atom. The molecule has 1 aromatic rings. The number of nitrogens with zero attached hydrogens (tertiary/aromatic N) is 1. The zero-order valence-corrected chi connectivity index (χ0v) is 14.3. The first-order chi connectivity index (χ1) is 9.46. The lowest BCUT2D eigenvalue weighted by atomic mass is 10.1. The van der Waals surface area contributed by atoms with E-state index in [0.717, 1.165) is 18.4 Å². The van der Waals surface area contributed by atoms with Crippen LogP contribution in [0, 0.1) is 0 Å². The van der Waals surface area contributed by atoms with Crippen molar-refractivity contribution in [2.45, 2.75) is 29.7 Å². The summed E-state index contributed by atoms with van der Waals surface area (Å²) < 4.78 is 32.6. The van der Waals surface area contributed by atoms with Gasteiger partial charge in [0, 0.05) is 36.7 Å². The first-order valence-corrected chi connectivity index (χ1v) is 9.13. The van der Waals surface area contributed by atoms with Gasteiger partial charge in [0.25, 0.3) is 0 Å². The lowest BCUT2D eigenvalue weighted by molar-refractivity contribution is 0.0632. The number of benzene rings is 1. The zero-order chi connectivity index (χ0) is 14.8. The van der Waals surface area contributed by atoms with Gasteiger partial charge in [0.2, 0.25) is 10.0 Å². The number of hydrogen-bond donors (Lipinski definition) is 0. The van der Waals surface area contributed by atoms with Gasteiger partial charge in [0.15, 0.2) is 0 Å². The summed E-state index contributed by atoms with van der Waals surface area (Å²) in [4.78, 5) is 0.278. The minimum absolute atomic E-state index is 0.00615. The van der Waals surface area contributed by atoms with E-state index in [2.05, 4.69) is 15.9 Å². The van der Waals surface area contributed by atoms with Crippen molar-refractivity contribution in [3.63, 3.8) is 0 Å². The van der Waals surface area contributed by atoms with E-state index < -0.39 is 10.0 Å². The van der Waals surface area contributed by atoms with E-state index >= 15 is 0 Å². The Bertz CT molecular complexity index is 573. The summed E-state index contributed by atoms with van der Waals surface area (Å²) in [7, 11) is -1.87. The van der Waals surface area contributed by atoms with E-state index in [1.165, 1.54) is 4.31 Å². The molecule has 0 saturated carbocycles. The predicted octanol–water partition coefficient (Wildman–Crippen LogP) is 2.99. The monoisotopic (exact) mass is 381 g/mol. The van der Waals surface area contributed by atoms with Crippen molar-refractivity contribution in [1.29, 1.82) is 0 Å². The van der Waals surface area contributed by atoms with Crippen LogP contribution in [-0.2, 0) is 20.6 Å². The molecule has 0 radical (unpaired) electrons. The third-order valence-electron chi connectivity index (χ3n) is 3.51. The summed E-state index contributed by atoms with van der Waals surface area (Å²) in [5, 5.41) is 0. The van der Waals surface area contributed by atoms with Crippen molar-refractivity contribution in [2.24, 2.45) is 0 Å². The standard InChI is InChI=1S/C13H17BrClNO3S/c1-16(11-4-6-19-7-5-11)20(17,18)13-3-2-10(9-15)8-12(13)14/h2-3,8,11H,4-7,9H2,1H3. The topological polar surface area (TPSA) is 46.6 Å². The Hall–Kier alpha value is -0.140. The van der Waals surface area contributed by atoms with Gasteiger partial charge in [0.1, 0.15) is 0 Å². The third kappa shape index (κ3) is 3.36. The van der Waals surface area contributed by atoms with Crippen molar-refractivity contribution >= 4 is 37.6 Å². The zero-order valence-electron chi connectivity index (χ0n) is 11.2. The molecule has 20 heavy (non-hydrogen) atoms. The van der Waals surface area contributed by atoms with E-state index in [-0.39, 0.29) is 10.9 Å². The van der Waals surface area contributed by atoms with E-state index in [4.69, 9.17) is 16.3 Å². The Kier molecular flexibility index (Phi) is 5.48. The molecule has 0 amide bonds.